The summed E-state index contributed by atoms with van der Waals surface area (Å²) in [5.41, 5.74) is -0.643. The molecular formula is C13H12N2O4. The number of aliphatic hydroxyl groups is 1. The molecule has 2 N–H and O–H groups in total. The lowest BCUT2D eigenvalue weighted by atomic mass is 9.90. The molecule has 2 aliphatic rings. The van der Waals surface area contributed by atoms with E-state index in [2.05, 4.69) is 6.58 Å². The van der Waals surface area contributed by atoms with Gasteiger partial charge in [-0.2, -0.15) is 0 Å². The highest BCUT2D eigenvalue weighted by Crippen LogP contribution is 2.31. The second-order valence-corrected chi connectivity index (χ2v) is 4.94. The Kier molecular flexibility index (Phi) is 2.13. The molecule has 1 aromatic rings. The van der Waals surface area contributed by atoms with E-state index in [1.165, 1.54) is 17.6 Å². The second kappa shape index (κ2) is 3.42. The van der Waals surface area contributed by atoms with Gasteiger partial charge in [0, 0.05) is 5.56 Å². The van der Waals surface area contributed by atoms with Gasteiger partial charge >= 0.3 is 5.97 Å². The van der Waals surface area contributed by atoms with Crippen molar-refractivity contribution in [1.82, 2.24) is 4.57 Å². The molecule has 0 aliphatic carbocycles. The predicted octanol–water partition coefficient (Wildman–Crippen LogP) is 0.0503. The maximum Gasteiger partial charge on any atom is 0.342 e. The fourth-order valence-corrected chi connectivity index (χ4v) is 2.47. The summed E-state index contributed by atoms with van der Waals surface area (Å²) in [6, 6.07) is 1.51. The molecule has 0 fully saturated rings. The highest BCUT2D eigenvalue weighted by Gasteiger charge is 2.42. The van der Waals surface area contributed by atoms with Crippen LogP contribution in [0.2, 0.25) is 0 Å². The van der Waals surface area contributed by atoms with Crippen LogP contribution in [0.4, 0.5) is 0 Å². The van der Waals surface area contributed by atoms with E-state index in [9.17, 15) is 14.7 Å². The Balaban J connectivity index is 2.35. The van der Waals surface area contributed by atoms with Gasteiger partial charge in [0.05, 0.1) is 23.5 Å². The lowest BCUT2D eigenvalue weighted by Crippen LogP contribution is -2.42. The number of hydrogen-bond donors (Lipinski definition) is 2. The van der Waals surface area contributed by atoms with Crippen LogP contribution in [0.3, 0.4) is 0 Å². The number of pyridine rings is 1. The maximum absolute atomic E-state index is 12.3. The van der Waals surface area contributed by atoms with Crippen molar-refractivity contribution < 1.29 is 14.6 Å². The molecule has 0 bridgehead atoms. The molecule has 0 saturated carbocycles. The summed E-state index contributed by atoms with van der Waals surface area (Å²) >= 11 is 0. The van der Waals surface area contributed by atoms with Gasteiger partial charge in [-0.1, -0.05) is 6.58 Å². The Morgan fingerprint density at radius 2 is 2.21 bits per heavy atom. The molecule has 0 radical (unpaired) electrons. The molecule has 0 unspecified atom stereocenters. The van der Waals surface area contributed by atoms with E-state index in [4.69, 9.17) is 10.1 Å². The molecule has 98 valence electrons. The van der Waals surface area contributed by atoms with Crippen LogP contribution >= 0.6 is 0 Å². The van der Waals surface area contributed by atoms with Crippen LogP contribution in [0.25, 0.3) is 0 Å². The molecule has 0 spiro atoms. The number of cyclic esters (lactones) is 1. The number of hydrogen-bond acceptors (Lipinski definition) is 5. The highest BCUT2D eigenvalue weighted by atomic mass is 16.6. The zero-order chi connectivity index (χ0) is 13.9. The standard InChI is InChI=1S/C13H12N2O4/c1-6-4-15-9(10(6)14)3-8-7(11(15)16)5-19-12(17)13(8,2)18/h3,14,18H,1,4-5H2,2H3/t13-/m0/s1. The van der Waals surface area contributed by atoms with Gasteiger partial charge < -0.3 is 14.4 Å². The Hall–Kier alpha value is -2.21. The molecule has 3 rings (SSSR count). The van der Waals surface area contributed by atoms with Gasteiger partial charge in [-0.25, -0.2) is 4.79 Å². The second-order valence-electron chi connectivity index (χ2n) is 4.94. The first-order chi connectivity index (χ1) is 8.84. The van der Waals surface area contributed by atoms with Gasteiger partial charge in [0.15, 0.2) is 5.60 Å². The van der Waals surface area contributed by atoms with Gasteiger partial charge in [0.1, 0.15) is 6.61 Å². The number of esters is 1. The lowest BCUT2D eigenvalue weighted by molar-refractivity contribution is -0.169. The Morgan fingerprint density at radius 3 is 2.89 bits per heavy atom. The molecule has 6 nitrogen and oxygen atoms in total. The predicted molar refractivity (Wildman–Crippen MR) is 66.0 cm³/mol. The number of allylic oxidation sites excluding steroid dienone is 1. The number of rotatable bonds is 0. The zero-order valence-corrected chi connectivity index (χ0v) is 10.3. The molecule has 1 atom stereocenters. The molecule has 3 heterocycles. The third-order valence-corrected chi connectivity index (χ3v) is 3.63. The highest BCUT2D eigenvalue weighted by molar-refractivity contribution is 6.11. The first-order valence-electron chi connectivity index (χ1n) is 5.78. The van der Waals surface area contributed by atoms with E-state index in [-0.39, 0.29) is 35.5 Å². The smallest absolute Gasteiger partial charge is 0.342 e. The number of ether oxygens (including phenoxy) is 1. The molecule has 0 aromatic carbocycles. The van der Waals surface area contributed by atoms with Crippen molar-refractivity contribution in [1.29, 1.82) is 5.41 Å². The quantitative estimate of drug-likeness (QED) is 0.645. The third kappa shape index (κ3) is 1.37. The van der Waals surface area contributed by atoms with Crippen molar-refractivity contribution in [2.75, 3.05) is 0 Å². The van der Waals surface area contributed by atoms with E-state index in [0.717, 1.165) is 0 Å². The van der Waals surface area contributed by atoms with Crippen molar-refractivity contribution in [2.24, 2.45) is 0 Å². The van der Waals surface area contributed by atoms with Gasteiger partial charge in [-0.3, -0.25) is 10.2 Å². The Bertz CT molecular complexity index is 712. The van der Waals surface area contributed by atoms with Gasteiger partial charge in [-0.15, -0.1) is 0 Å². The molecular weight excluding hydrogens is 248 g/mol. The molecule has 19 heavy (non-hydrogen) atoms. The summed E-state index contributed by atoms with van der Waals surface area (Å²) < 4.78 is 6.25. The van der Waals surface area contributed by atoms with Gasteiger partial charge in [0.2, 0.25) is 0 Å². The van der Waals surface area contributed by atoms with Crippen LogP contribution in [0.5, 0.6) is 0 Å². The molecule has 6 heteroatoms. The summed E-state index contributed by atoms with van der Waals surface area (Å²) in [5, 5.41) is 18.1. The minimum Gasteiger partial charge on any atom is -0.458 e. The van der Waals surface area contributed by atoms with E-state index < -0.39 is 11.6 Å². The molecule has 2 aliphatic heterocycles. The first kappa shape index (κ1) is 11.9. The first-order valence-corrected chi connectivity index (χ1v) is 5.78. The number of carbonyl (C=O) groups excluding carboxylic acids is 1. The van der Waals surface area contributed by atoms with E-state index in [1.807, 2.05) is 0 Å². The average Bonchev–Trinajstić information content (AvgIpc) is 2.63. The SMILES string of the molecule is C=C1Cn2c(cc3c(c2=O)COC(=O)[C@@]3(C)O)C1=N. The molecule has 0 amide bonds. The zero-order valence-electron chi connectivity index (χ0n) is 10.3. The minimum absolute atomic E-state index is 0.150. The number of nitrogens with one attached hydrogen (secondary N) is 1. The summed E-state index contributed by atoms with van der Waals surface area (Å²) in [7, 11) is 0. The molecule has 0 saturated heterocycles. The number of fused-ring (bicyclic) bond motifs is 2. The van der Waals surface area contributed by atoms with Crippen LogP contribution in [0.15, 0.2) is 23.0 Å². The van der Waals surface area contributed by atoms with E-state index >= 15 is 0 Å². The normalized spacial score (nSPS) is 25.1. The van der Waals surface area contributed by atoms with E-state index in [0.29, 0.717) is 11.3 Å². The van der Waals surface area contributed by atoms with E-state index in [1.54, 1.807) is 0 Å². The monoisotopic (exact) mass is 260 g/mol. The minimum atomic E-state index is -1.85. The summed E-state index contributed by atoms with van der Waals surface area (Å²) in [4.78, 5) is 23.9. The van der Waals surface area contributed by atoms with Crippen LogP contribution in [0, 0.1) is 5.41 Å². The Labute approximate surface area is 108 Å². The largest absolute Gasteiger partial charge is 0.458 e. The summed E-state index contributed by atoms with van der Waals surface area (Å²) in [6.07, 6.45) is 0. The van der Waals surface area contributed by atoms with Crippen LogP contribution in [0.1, 0.15) is 23.7 Å². The number of aromatic nitrogens is 1. The van der Waals surface area contributed by atoms with Crippen molar-refractivity contribution in [3.8, 4) is 0 Å². The average molecular weight is 260 g/mol. The maximum atomic E-state index is 12.3. The van der Waals surface area contributed by atoms with Gasteiger partial charge in [0.25, 0.3) is 5.56 Å². The number of carbonyl (C=O) groups is 1. The van der Waals surface area contributed by atoms with Gasteiger partial charge in [-0.05, 0) is 18.6 Å². The summed E-state index contributed by atoms with van der Waals surface area (Å²) in [6.45, 7) is 5.12. The fraction of sp³-hybridized carbons (Fsp3) is 0.308. The van der Waals surface area contributed by atoms with Crippen molar-refractivity contribution in [3.63, 3.8) is 0 Å². The van der Waals surface area contributed by atoms with Crippen LogP contribution in [-0.4, -0.2) is 21.4 Å². The summed E-state index contributed by atoms with van der Waals surface area (Å²) in [5.74, 6) is -0.785. The third-order valence-electron chi connectivity index (χ3n) is 3.63. The fourth-order valence-electron chi connectivity index (χ4n) is 2.47. The van der Waals surface area contributed by atoms with Crippen LogP contribution < -0.4 is 5.56 Å². The van der Waals surface area contributed by atoms with Crippen molar-refractivity contribution in [3.05, 3.63) is 45.4 Å². The van der Waals surface area contributed by atoms with Crippen molar-refractivity contribution >= 4 is 11.7 Å². The number of nitrogens with zero attached hydrogens (tertiary/aromatic N) is 1. The lowest BCUT2D eigenvalue weighted by Gasteiger charge is -2.29. The van der Waals surface area contributed by atoms with Crippen LogP contribution in [-0.2, 0) is 28.3 Å². The molecule has 1 aromatic heterocycles. The Morgan fingerprint density at radius 1 is 1.53 bits per heavy atom. The topological polar surface area (TPSA) is 92.4 Å². The van der Waals surface area contributed by atoms with Crippen molar-refractivity contribution in [2.45, 2.75) is 25.7 Å².